The Morgan fingerprint density at radius 1 is 1.14 bits per heavy atom. The van der Waals surface area contributed by atoms with Crippen molar-refractivity contribution < 1.29 is 14.6 Å². The summed E-state index contributed by atoms with van der Waals surface area (Å²) in [4.78, 5) is 8.89. The van der Waals surface area contributed by atoms with Crippen LogP contribution in [0.3, 0.4) is 0 Å². The molecule has 4 aromatic rings. The van der Waals surface area contributed by atoms with Crippen molar-refractivity contribution in [2.24, 2.45) is 4.99 Å². The van der Waals surface area contributed by atoms with Gasteiger partial charge in [0.15, 0.2) is 5.58 Å². The van der Waals surface area contributed by atoms with Gasteiger partial charge < -0.3 is 14.6 Å². The van der Waals surface area contributed by atoms with Gasteiger partial charge in [-0.05, 0) is 70.4 Å². The van der Waals surface area contributed by atoms with Crippen molar-refractivity contribution in [3.63, 3.8) is 0 Å². The molecule has 0 aliphatic carbocycles. The summed E-state index contributed by atoms with van der Waals surface area (Å²) in [5, 5.41) is 20.9. The number of halogens is 2. The van der Waals surface area contributed by atoms with Crippen molar-refractivity contribution in [2.45, 2.75) is 13.3 Å². The molecule has 146 valence electrons. The lowest BCUT2D eigenvalue weighted by atomic mass is 10.1. The topological polar surface area (TPSA) is 78.9 Å². The quantitative estimate of drug-likeness (QED) is 0.327. The van der Waals surface area contributed by atoms with Gasteiger partial charge in [-0.15, -0.1) is 0 Å². The Bertz CT molecular complexity index is 1250. The minimum Gasteiger partial charge on any atom is -0.507 e. The number of aliphatic imine (C=N–C) groups is 1. The fraction of sp³-hybridized carbons (Fsp3) is 0.0909. The molecule has 0 aliphatic heterocycles. The molecule has 2 N–H and O–H groups in total. The highest BCUT2D eigenvalue weighted by Crippen LogP contribution is 2.35. The molecule has 0 saturated carbocycles. The van der Waals surface area contributed by atoms with E-state index in [1.54, 1.807) is 24.3 Å². The van der Waals surface area contributed by atoms with Crippen LogP contribution in [-0.2, 0) is 6.42 Å². The first kappa shape index (κ1) is 19.5. The SMILES string of the molecule is CCc1ccc2oc(-c3cc(N=Cc4cc(Cl)cc(Br)c4O)ccc3O)nc2c1. The third-order valence-electron chi connectivity index (χ3n) is 4.48. The lowest BCUT2D eigenvalue weighted by Gasteiger charge is -2.04. The third kappa shape index (κ3) is 3.99. The molecule has 0 radical (unpaired) electrons. The molecule has 0 aliphatic rings. The van der Waals surface area contributed by atoms with Crippen molar-refractivity contribution in [1.82, 2.24) is 4.98 Å². The van der Waals surface area contributed by atoms with Crippen molar-refractivity contribution in [3.05, 3.63) is 69.2 Å². The van der Waals surface area contributed by atoms with E-state index in [0.29, 0.717) is 37.8 Å². The summed E-state index contributed by atoms with van der Waals surface area (Å²) < 4.78 is 6.30. The number of oxazole rings is 1. The molecule has 0 fully saturated rings. The lowest BCUT2D eigenvalue weighted by molar-refractivity contribution is 0.471. The second-order valence-electron chi connectivity index (χ2n) is 6.46. The highest BCUT2D eigenvalue weighted by Gasteiger charge is 2.13. The van der Waals surface area contributed by atoms with Gasteiger partial charge in [0.2, 0.25) is 5.89 Å². The summed E-state index contributed by atoms with van der Waals surface area (Å²) >= 11 is 9.29. The fourth-order valence-electron chi connectivity index (χ4n) is 2.91. The number of fused-ring (bicyclic) bond motifs is 1. The third-order valence-corrected chi connectivity index (χ3v) is 5.30. The Hall–Kier alpha value is -2.83. The minimum atomic E-state index is 0.0413. The Morgan fingerprint density at radius 3 is 2.76 bits per heavy atom. The van der Waals surface area contributed by atoms with E-state index in [-0.39, 0.29) is 11.5 Å². The van der Waals surface area contributed by atoms with Crippen LogP contribution in [0.15, 0.2) is 62.4 Å². The molecule has 3 aromatic carbocycles. The number of hydrogen-bond donors (Lipinski definition) is 2. The zero-order valence-electron chi connectivity index (χ0n) is 15.4. The molecular weight excluding hydrogens is 456 g/mol. The molecule has 29 heavy (non-hydrogen) atoms. The molecule has 1 heterocycles. The van der Waals surface area contributed by atoms with E-state index in [9.17, 15) is 10.2 Å². The molecule has 0 spiro atoms. The summed E-state index contributed by atoms with van der Waals surface area (Å²) in [6, 6.07) is 13.9. The summed E-state index contributed by atoms with van der Waals surface area (Å²) in [5.41, 5.74) is 4.01. The van der Waals surface area contributed by atoms with Gasteiger partial charge in [-0.3, -0.25) is 4.99 Å². The van der Waals surface area contributed by atoms with Gasteiger partial charge in [0.1, 0.15) is 17.0 Å². The van der Waals surface area contributed by atoms with E-state index >= 15 is 0 Å². The number of phenolic OH excluding ortho intramolecular Hbond substituents is 2. The summed E-state index contributed by atoms with van der Waals surface area (Å²) in [5.74, 6) is 0.401. The Morgan fingerprint density at radius 2 is 1.97 bits per heavy atom. The summed E-state index contributed by atoms with van der Waals surface area (Å²) in [6.07, 6.45) is 2.40. The van der Waals surface area contributed by atoms with Gasteiger partial charge in [0, 0.05) is 16.8 Å². The van der Waals surface area contributed by atoms with Crippen LogP contribution in [0.25, 0.3) is 22.6 Å². The van der Waals surface area contributed by atoms with Gasteiger partial charge in [0.05, 0.1) is 15.7 Å². The van der Waals surface area contributed by atoms with Crippen LogP contribution in [-0.4, -0.2) is 21.4 Å². The van der Waals surface area contributed by atoms with E-state index in [1.165, 1.54) is 12.3 Å². The lowest BCUT2D eigenvalue weighted by Crippen LogP contribution is -1.85. The van der Waals surface area contributed by atoms with Gasteiger partial charge in [-0.2, -0.15) is 0 Å². The first-order chi connectivity index (χ1) is 13.9. The van der Waals surface area contributed by atoms with Crippen LogP contribution in [0.5, 0.6) is 11.5 Å². The largest absolute Gasteiger partial charge is 0.507 e. The number of phenols is 2. The van der Waals surface area contributed by atoms with Crippen molar-refractivity contribution >= 4 is 50.5 Å². The van der Waals surface area contributed by atoms with Crippen molar-refractivity contribution in [2.75, 3.05) is 0 Å². The highest BCUT2D eigenvalue weighted by atomic mass is 79.9. The Labute approximate surface area is 180 Å². The average molecular weight is 472 g/mol. The Kier molecular flexibility index (Phi) is 5.30. The van der Waals surface area contributed by atoms with E-state index in [4.69, 9.17) is 16.0 Å². The maximum atomic E-state index is 10.3. The summed E-state index contributed by atoms with van der Waals surface area (Å²) in [7, 11) is 0. The number of aromatic hydroxyl groups is 2. The molecule has 4 rings (SSSR count). The first-order valence-corrected chi connectivity index (χ1v) is 10.1. The monoisotopic (exact) mass is 470 g/mol. The standard InChI is InChI=1S/C22H16BrClN2O3/c1-2-12-3-6-20-18(7-12)26-22(29-20)16-10-15(4-5-19(16)27)25-11-13-8-14(24)9-17(23)21(13)28/h3-11,27-28H,2H2,1H3. The van der Waals surface area contributed by atoms with Crippen LogP contribution in [0.2, 0.25) is 5.02 Å². The molecule has 5 nitrogen and oxygen atoms in total. The number of aromatic nitrogens is 1. The molecule has 7 heteroatoms. The highest BCUT2D eigenvalue weighted by molar-refractivity contribution is 9.10. The number of rotatable bonds is 4. The van der Waals surface area contributed by atoms with Gasteiger partial charge in [0.25, 0.3) is 0 Å². The first-order valence-electron chi connectivity index (χ1n) is 8.89. The van der Waals surface area contributed by atoms with E-state index < -0.39 is 0 Å². The number of hydrogen-bond acceptors (Lipinski definition) is 5. The average Bonchev–Trinajstić information content (AvgIpc) is 3.13. The predicted octanol–water partition coefficient (Wildman–Crippen LogP) is 6.63. The normalized spacial score (nSPS) is 11.6. The second kappa shape index (κ2) is 7.89. The number of benzene rings is 3. The molecule has 0 unspecified atom stereocenters. The number of nitrogens with zero attached hydrogens (tertiary/aromatic N) is 2. The van der Waals surface area contributed by atoms with Crippen molar-refractivity contribution in [3.8, 4) is 23.0 Å². The van der Waals surface area contributed by atoms with E-state index in [0.717, 1.165) is 17.5 Å². The maximum Gasteiger partial charge on any atom is 0.231 e. The minimum absolute atomic E-state index is 0.0413. The van der Waals surface area contributed by atoms with Crippen LogP contribution in [0, 0.1) is 0 Å². The van der Waals surface area contributed by atoms with Gasteiger partial charge in [-0.1, -0.05) is 24.6 Å². The molecule has 0 amide bonds. The van der Waals surface area contributed by atoms with E-state index in [1.807, 2.05) is 18.2 Å². The van der Waals surface area contributed by atoms with Crippen molar-refractivity contribution in [1.29, 1.82) is 0 Å². The van der Waals surface area contributed by atoms with Gasteiger partial charge in [-0.25, -0.2) is 4.98 Å². The molecule has 0 atom stereocenters. The zero-order valence-corrected chi connectivity index (χ0v) is 17.7. The van der Waals surface area contributed by atoms with Crippen LogP contribution in [0.4, 0.5) is 5.69 Å². The molecule has 0 bridgehead atoms. The molecule has 0 saturated heterocycles. The Balaban J connectivity index is 1.71. The fourth-order valence-corrected chi connectivity index (χ4v) is 3.75. The second-order valence-corrected chi connectivity index (χ2v) is 7.75. The van der Waals surface area contributed by atoms with E-state index in [2.05, 4.69) is 32.8 Å². The van der Waals surface area contributed by atoms with Crippen LogP contribution in [0.1, 0.15) is 18.1 Å². The smallest absolute Gasteiger partial charge is 0.231 e. The molecule has 1 aromatic heterocycles. The predicted molar refractivity (Wildman–Crippen MR) is 119 cm³/mol. The van der Waals surface area contributed by atoms with Crippen LogP contribution < -0.4 is 0 Å². The molecular formula is C22H16BrClN2O3. The van der Waals surface area contributed by atoms with Gasteiger partial charge >= 0.3 is 0 Å². The number of aryl methyl sites for hydroxylation is 1. The maximum absolute atomic E-state index is 10.3. The summed E-state index contributed by atoms with van der Waals surface area (Å²) in [6.45, 7) is 2.08. The van der Waals surface area contributed by atoms with Crippen LogP contribution >= 0.6 is 27.5 Å². The zero-order chi connectivity index (χ0) is 20.5.